The second-order valence-corrected chi connectivity index (χ2v) is 6.41. The number of aryl methyl sites for hydroxylation is 1. The molecule has 1 unspecified atom stereocenters. The largest absolute Gasteiger partial charge is 0.399 e. The van der Waals surface area contributed by atoms with E-state index in [9.17, 15) is 4.79 Å². The Morgan fingerprint density at radius 3 is 2.96 bits per heavy atom. The van der Waals surface area contributed by atoms with Crippen molar-refractivity contribution in [1.29, 1.82) is 0 Å². The van der Waals surface area contributed by atoms with Gasteiger partial charge in [-0.1, -0.05) is 12.1 Å². The quantitative estimate of drug-likeness (QED) is 0.834. The monoisotopic (exact) mass is 340 g/mol. The van der Waals surface area contributed by atoms with E-state index in [0.717, 1.165) is 36.6 Å². The lowest BCUT2D eigenvalue weighted by atomic mass is 10.1. The lowest BCUT2D eigenvalue weighted by Crippen LogP contribution is -2.41. The van der Waals surface area contributed by atoms with Crippen molar-refractivity contribution >= 4 is 17.4 Å². The third-order valence-electron chi connectivity index (χ3n) is 4.33. The van der Waals surface area contributed by atoms with E-state index in [2.05, 4.69) is 22.1 Å². The van der Waals surface area contributed by atoms with Gasteiger partial charge in [0.15, 0.2) is 0 Å². The Morgan fingerprint density at radius 1 is 1.40 bits per heavy atom. The van der Waals surface area contributed by atoms with Crippen LogP contribution < -0.4 is 16.0 Å². The van der Waals surface area contributed by atoms with Crippen molar-refractivity contribution in [3.05, 3.63) is 53.2 Å². The topological polar surface area (TPSA) is 80.5 Å². The highest BCUT2D eigenvalue weighted by Crippen LogP contribution is 2.16. The molecule has 1 saturated heterocycles. The molecule has 1 aromatic carbocycles. The summed E-state index contributed by atoms with van der Waals surface area (Å²) in [5, 5.41) is 2.92. The summed E-state index contributed by atoms with van der Waals surface area (Å²) in [4.78, 5) is 19.1. The lowest BCUT2D eigenvalue weighted by Gasteiger charge is -2.32. The molecule has 1 amide bonds. The first kappa shape index (κ1) is 17.2. The van der Waals surface area contributed by atoms with Gasteiger partial charge < -0.3 is 20.7 Å². The molecule has 3 rings (SSSR count). The predicted octanol–water partition coefficient (Wildman–Crippen LogP) is 2.13. The van der Waals surface area contributed by atoms with Gasteiger partial charge >= 0.3 is 0 Å². The molecule has 1 fully saturated rings. The molecule has 1 atom stereocenters. The Morgan fingerprint density at radius 2 is 2.24 bits per heavy atom. The van der Waals surface area contributed by atoms with Crippen molar-refractivity contribution in [3.8, 4) is 0 Å². The van der Waals surface area contributed by atoms with Gasteiger partial charge in [0.2, 0.25) is 0 Å². The summed E-state index contributed by atoms with van der Waals surface area (Å²) in [7, 11) is 0. The summed E-state index contributed by atoms with van der Waals surface area (Å²) >= 11 is 0. The van der Waals surface area contributed by atoms with Crippen molar-refractivity contribution in [2.75, 3.05) is 30.3 Å². The van der Waals surface area contributed by atoms with E-state index < -0.39 is 0 Å². The standard InChI is InChI=1S/C19H24N4O2/c1-13-3-5-16(20)9-17(13)19(24)22-11-15-4-6-18(21-10-15)23-7-8-25-14(2)12-23/h3-6,9-10,14H,7-8,11-12,20H2,1-2H3,(H,22,24). The van der Waals surface area contributed by atoms with Crippen LogP contribution in [0.1, 0.15) is 28.4 Å². The number of morpholine rings is 1. The minimum atomic E-state index is -0.129. The van der Waals surface area contributed by atoms with Gasteiger partial charge in [-0.2, -0.15) is 0 Å². The van der Waals surface area contributed by atoms with Crippen LogP contribution in [0.2, 0.25) is 0 Å². The molecule has 1 aliphatic rings. The summed E-state index contributed by atoms with van der Waals surface area (Å²) in [6, 6.07) is 9.33. The van der Waals surface area contributed by atoms with Crippen LogP contribution in [0, 0.1) is 6.92 Å². The highest BCUT2D eigenvalue weighted by atomic mass is 16.5. The van der Waals surface area contributed by atoms with Crippen LogP contribution in [0.25, 0.3) is 0 Å². The normalized spacial score (nSPS) is 17.4. The molecule has 0 spiro atoms. The number of anilines is 2. The van der Waals surface area contributed by atoms with Gasteiger partial charge in [-0.15, -0.1) is 0 Å². The van der Waals surface area contributed by atoms with E-state index in [1.165, 1.54) is 0 Å². The van der Waals surface area contributed by atoms with Crippen LogP contribution >= 0.6 is 0 Å². The summed E-state index contributed by atoms with van der Waals surface area (Å²) in [6.07, 6.45) is 2.03. The zero-order valence-corrected chi connectivity index (χ0v) is 14.7. The van der Waals surface area contributed by atoms with Crippen LogP contribution in [0.5, 0.6) is 0 Å². The number of aromatic nitrogens is 1. The van der Waals surface area contributed by atoms with Crippen molar-refractivity contribution in [2.24, 2.45) is 0 Å². The molecular formula is C19H24N4O2. The van der Waals surface area contributed by atoms with E-state index in [4.69, 9.17) is 10.5 Å². The Kier molecular flexibility index (Phi) is 5.19. The van der Waals surface area contributed by atoms with E-state index in [1.807, 2.05) is 31.3 Å². The molecule has 1 aromatic heterocycles. The smallest absolute Gasteiger partial charge is 0.251 e. The molecule has 6 nitrogen and oxygen atoms in total. The number of amides is 1. The molecule has 0 aliphatic carbocycles. The first-order chi connectivity index (χ1) is 12.0. The highest BCUT2D eigenvalue weighted by Gasteiger charge is 2.17. The number of hydrogen-bond donors (Lipinski definition) is 2. The third-order valence-corrected chi connectivity index (χ3v) is 4.33. The summed E-state index contributed by atoms with van der Waals surface area (Å²) in [5.41, 5.74) is 8.82. The summed E-state index contributed by atoms with van der Waals surface area (Å²) in [5.74, 6) is 0.813. The number of nitrogen functional groups attached to an aromatic ring is 1. The number of hydrogen-bond acceptors (Lipinski definition) is 5. The van der Waals surface area contributed by atoms with Crippen LogP contribution in [0.3, 0.4) is 0 Å². The molecule has 132 valence electrons. The van der Waals surface area contributed by atoms with Crippen molar-refractivity contribution < 1.29 is 9.53 Å². The molecule has 2 aromatic rings. The maximum Gasteiger partial charge on any atom is 0.251 e. The fourth-order valence-electron chi connectivity index (χ4n) is 2.90. The molecule has 1 aliphatic heterocycles. The molecule has 25 heavy (non-hydrogen) atoms. The molecule has 3 N–H and O–H groups in total. The summed E-state index contributed by atoms with van der Waals surface area (Å²) in [6.45, 7) is 6.81. The number of pyridine rings is 1. The number of nitrogens with zero attached hydrogens (tertiary/aromatic N) is 2. The lowest BCUT2D eigenvalue weighted by molar-refractivity contribution is 0.0529. The average molecular weight is 340 g/mol. The Bertz CT molecular complexity index is 746. The van der Waals surface area contributed by atoms with E-state index in [0.29, 0.717) is 17.8 Å². The number of ether oxygens (including phenoxy) is 1. The molecule has 0 radical (unpaired) electrons. The molecule has 0 saturated carbocycles. The highest BCUT2D eigenvalue weighted by molar-refractivity contribution is 5.96. The van der Waals surface area contributed by atoms with Gasteiger partial charge in [0.25, 0.3) is 5.91 Å². The predicted molar refractivity (Wildman–Crippen MR) is 98.6 cm³/mol. The zero-order chi connectivity index (χ0) is 17.8. The fourth-order valence-corrected chi connectivity index (χ4v) is 2.90. The maximum absolute atomic E-state index is 12.3. The minimum absolute atomic E-state index is 0.129. The molecule has 2 heterocycles. The van der Waals surface area contributed by atoms with Gasteiger partial charge in [0.05, 0.1) is 12.7 Å². The second kappa shape index (κ2) is 7.53. The maximum atomic E-state index is 12.3. The Labute approximate surface area is 148 Å². The Hall–Kier alpha value is -2.60. The van der Waals surface area contributed by atoms with E-state index in [1.54, 1.807) is 12.1 Å². The van der Waals surface area contributed by atoms with Gasteiger partial charge in [-0.3, -0.25) is 4.79 Å². The average Bonchev–Trinajstić information content (AvgIpc) is 2.62. The van der Waals surface area contributed by atoms with Crippen LogP contribution in [-0.2, 0) is 11.3 Å². The first-order valence-corrected chi connectivity index (χ1v) is 8.49. The van der Waals surface area contributed by atoms with Gasteiger partial charge in [0.1, 0.15) is 5.82 Å². The van der Waals surface area contributed by atoms with Crippen molar-refractivity contribution in [1.82, 2.24) is 10.3 Å². The summed E-state index contributed by atoms with van der Waals surface area (Å²) < 4.78 is 5.55. The van der Waals surface area contributed by atoms with Gasteiger partial charge in [-0.25, -0.2) is 4.98 Å². The number of carbonyl (C=O) groups is 1. The number of nitrogens with two attached hydrogens (primary N) is 1. The number of benzene rings is 1. The van der Waals surface area contributed by atoms with Crippen molar-refractivity contribution in [2.45, 2.75) is 26.5 Å². The number of carbonyl (C=O) groups excluding carboxylic acids is 1. The Balaban J connectivity index is 1.60. The fraction of sp³-hybridized carbons (Fsp3) is 0.368. The van der Waals surface area contributed by atoms with Crippen molar-refractivity contribution in [3.63, 3.8) is 0 Å². The van der Waals surface area contributed by atoms with E-state index >= 15 is 0 Å². The zero-order valence-electron chi connectivity index (χ0n) is 14.7. The van der Waals surface area contributed by atoms with Crippen LogP contribution in [-0.4, -0.2) is 36.7 Å². The van der Waals surface area contributed by atoms with Gasteiger partial charge in [0, 0.05) is 37.1 Å². The molecule has 0 bridgehead atoms. The first-order valence-electron chi connectivity index (χ1n) is 8.49. The number of rotatable bonds is 4. The second-order valence-electron chi connectivity index (χ2n) is 6.41. The van der Waals surface area contributed by atoms with Crippen LogP contribution in [0.15, 0.2) is 36.5 Å². The molecule has 6 heteroatoms. The third kappa shape index (κ3) is 4.28. The minimum Gasteiger partial charge on any atom is -0.399 e. The number of nitrogens with one attached hydrogen (secondary N) is 1. The van der Waals surface area contributed by atoms with Gasteiger partial charge in [-0.05, 0) is 43.2 Å². The SMILES string of the molecule is Cc1ccc(N)cc1C(=O)NCc1ccc(N2CCOC(C)C2)nc1. The van der Waals surface area contributed by atoms with E-state index in [-0.39, 0.29) is 12.0 Å². The van der Waals surface area contributed by atoms with Crippen LogP contribution in [0.4, 0.5) is 11.5 Å². The molecular weight excluding hydrogens is 316 g/mol.